The highest BCUT2D eigenvalue weighted by Crippen LogP contribution is 2.23. The van der Waals surface area contributed by atoms with E-state index in [2.05, 4.69) is 0 Å². The van der Waals surface area contributed by atoms with Gasteiger partial charge in [0.15, 0.2) is 0 Å². The molecule has 1 aliphatic heterocycles. The van der Waals surface area contributed by atoms with Gasteiger partial charge in [0.25, 0.3) is 0 Å². The van der Waals surface area contributed by atoms with Crippen LogP contribution in [0.3, 0.4) is 0 Å². The summed E-state index contributed by atoms with van der Waals surface area (Å²) in [6.45, 7) is 5.08. The summed E-state index contributed by atoms with van der Waals surface area (Å²) in [4.78, 5) is 0. The third-order valence-electron chi connectivity index (χ3n) is 4.16. The standard InChI is InChI=1S/C15H24N2O2S/c1-12-10-17(9-8-15(12)16)20(18,19)11-13(2)14-6-4-3-5-7-14/h3-7,12-13,15H,8-11,16H2,1-2H3. The number of nitrogens with two attached hydrogens (primary N) is 1. The summed E-state index contributed by atoms with van der Waals surface area (Å²) in [6, 6.07) is 9.91. The minimum Gasteiger partial charge on any atom is -0.327 e. The fourth-order valence-electron chi connectivity index (χ4n) is 2.68. The molecule has 0 bridgehead atoms. The lowest BCUT2D eigenvalue weighted by Gasteiger charge is -2.34. The molecule has 0 radical (unpaired) electrons. The molecule has 1 fully saturated rings. The van der Waals surface area contributed by atoms with Crippen molar-refractivity contribution in [3.63, 3.8) is 0 Å². The van der Waals surface area contributed by atoms with Crippen LogP contribution in [0.1, 0.15) is 31.7 Å². The highest BCUT2D eigenvalue weighted by atomic mass is 32.2. The van der Waals surface area contributed by atoms with Crippen LogP contribution in [0.5, 0.6) is 0 Å². The lowest BCUT2D eigenvalue weighted by atomic mass is 9.96. The molecule has 0 spiro atoms. The molecular weight excluding hydrogens is 272 g/mol. The van der Waals surface area contributed by atoms with E-state index in [1.165, 1.54) is 0 Å². The second kappa shape index (κ2) is 6.24. The van der Waals surface area contributed by atoms with Gasteiger partial charge in [0.05, 0.1) is 5.75 Å². The first-order chi connectivity index (χ1) is 9.40. The molecule has 0 aliphatic carbocycles. The van der Waals surface area contributed by atoms with E-state index >= 15 is 0 Å². The first-order valence-corrected chi connectivity index (χ1v) is 8.79. The summed E-state index contributed by atoms with van der Waals surface area (Å²) in [6.07, 6.45) is 0.750. The second-order valence-corrected chi connectivity index (χ2v) is 7.89. The normalized spacial score (nSPS) is 26.4. The lowest BCUT2D eigenvalue weighted by molar-refractivity contribution is 0.250. The minimum atomic E-state index is -3.21. The summed E-state index contributed by atoms with van der Waals surface area (Å²) in [5.74, 6) is 0.400. The van der Waals surface area contributed by atoms with Gasteiger partial charge in [-0.05, 0) is 23.8 Å². The van der Waals surface area contributed by atoms with Crippen molar-refractivity contribution in [2.24, 2.45) is 11.7 Å². The molecule has 1 heterocycles. The molecule has 1 aliphatic rings. The Morgan fingerprint density at radius 2 is 2.00 bits per heavy atom. The van der Waals surface area contributed by atoms with Crippen LogP contribution >= 0.6 is 0 Å². The van der Waals surface area contributed by atoms with Crippen LogP contribution < -0.4 is 5.73 Å². The Hall–Kier alpha value is -0.910. The van der Waals surface area contributed by atoms with Gasteiger partial charge in [0.1, 0.15) is 0 Å². The molecule has 1 saturated heterocycles. The maximum Gasteiger partial charge on any atom is 0.214 e. The second-order valence-electron chi connectivity index (χ2n) is 5.88. The SMILES string of the molecule is CC(CS(=O)(=O)N1CCC(N)C(C)C1)c1ccccc1. The van der Waals surface area contributed by atoms with Crippen molar-refractivity contribution in [2.45, 2.75) is 32.2 Å². The topological polar surface area (TPSA) is 63.4 Å². The van der Waals surface area contributed by atoms with Crippen molar-refractivity contribution in [1.29, 1.82) is 0 Å². The number of hydrogen-bond donors (Lipinski definition) is 1. The third-order valence-corrected chi connectivity index (χ3v) is 6.20. The van der Waals surface area contributed by atoms with Gasteiger partial charge in [-0.25, -0.2) is 12.7 Å². The molecule has 0 aromatic heterocycles. The van der Waals surface area contributed by atoms with E-state index in [9.17, 15) is 8.42 Å². The zero-order chi connectivity index (χ0) is 14.8. The average molecular weight is 296 g/mol. The molecule has 3 unspecified atom stereocenters. The summed E-state index contributed by atoms with van der Waals surface area (Å²) < 4.78 is 26.6. The number of hydrogen-bond acceptors (Lipinski definition) is 3. The van der Waals surface area contributed by atoms with Gasteiger partial charge in [-0.15, -0.1) is 0 Å². The molecule has 4 nitrogen and oxygen atoms in total. The maximum atomic E-state index is 12.5. The van der Waals surface area contributed by atoms with Gasteiger partial charge in [0.2, 0.25) is 10.0 Å². The Morgan fingerprint density at radius 1 is 1.35 bits per heavy atom. The van der Waals surface area contributed by atoms with Crippen LogP contribution in [-0.2, 0) is 10.0 Å². The Labute approximate surface area is 122 Å². The number of nitrogens with zero attached hydrogens (tertiary/aromatic N) is 1. The van der Waals surface area contributed by atoms with E-state index in [1.54, 1.807) is 4.31 Å². The first-order valence-electron chi connectivity index (χ1n) is 7.18. The highest BCUT2D eigenvalue weighted by molar-refractivity contribution is 7.89. The van der Waals surface area contributed by atoms with Gasteiger partial charge in [-0.1, -0.05) is 44.2 Å². The molecule has 20 heavy (non-hydrogen) atoms. The number of rotatable bonds is 4. The predicted molar refractivity (Wildman–Crippen MR) is 82.0 cm³/mol. The van der Waals surface area contributed by atoms with E-state index in [0.717, 1.165) is 12.0 Å². The molecule has 112 valence electrons. The third kappa shape index (κ3) is 3.59. The molecule has 0 amide bonds. The van der Waals surface area contributed by atoms with Crippen molar-refractivity contribution in [3.05, 3.63) is 35.9 Å². The van der Waals surface area contributed by atoms with Gasteiger partial charge in [-0.3, -0.25) is 0 Å². The van der Waals surface area contributed by atoms with E-state index in [1.807, 2.05) is 44.2 Å². The van der Waals surface area contributed by atoms with E-state index < -0.39 is 10.0 Å². The number of benzene rings is 1. The molecule has 2 N–H and O–H groups in total. The van der Waals surface area contributed by atoms with Gasteiger partial charge in [0, 0.05) is 19.1 Å². The van der Waals surface area contributed by atoms with Gasteiger partial charge in [-0.2, -0.15) is 0 Å². The molecule has 0 saturated carbocycles. The van der Waals surface area contributed by atoms with Crippen LogP contribution in [0, 0.1) is 5.92 Å². The molecule has 3 atom stereocenters. The minimum absolute atomic E-state index is 0.00658. The molecule has 5 heteroatoms. The molecule has 2 rings (SSSR count). The first kappa shape index (κ1) is 15.5. The smallest absolute Gasteiger partial charge is 0.214 e. The molecule has 1 aromatic rings. The lowest BCUT2D eigenvalue weighted by Crippen LogP contribution is -2.49. The Bertz CT molecular complexity index is 530. The Balaban J connectivity index is 2.04. The van der Waals surface area contributed by atoms with Crippen molar-refractivity contribution in [1.82, 2.24) is 4.31 Å². The summed E-state index contributed by atoms with van der Waals surface area (Å²) in [5, 5.41) is 0. The zero-order valence-corrected chi connectivity index (χ0v) is 13.0. The fraction of sp³-hybridized carbons (Fsp3) is 0.600. The van der Waals surface area contributed by atoms with Crippen molar-refractivity contribution in [2.75, 3.05) is 18.8 Å². The summed E-state index contributed by atoms with van der Waals surface area (Å²) in [7, 11) is -3.21. The quantitative estimate of drug-likeness (QED) is 0.921. The van der Waals surface area contributed by atoms with Crippen molar-refractivity contribution < 1.29 is 8.42 Å². The van der Waals surface area contributed by atoms with Crippen LogP contribution in [-0.4, -0.2) is 37.6 Å². The summed E-state index contributed by atoms with van der Waals surface area (Å²) >= 11 is 0. The van der Waals surface area contributed by atoms with Crippen LogP contribution in [0.25, 0.3) is 0 Å². The Kier molecular flexibility index (Phi) is 4.83. The molecule has 1 aromatic carbocycles. The average Bonchev–Trinajstić information content (AvgIpc) is 2.42. The van der Waals surface area contributed by atoms with Crippen molar-refractivity contribution >= 4 is 10.0 Å². The number of sulfonamides is 1. The Morgan fingerprint density at radius 3 is 2.60 bits per heavy atom. The van der Waals surface area contributed by atoms with Gasteiger partial charge < -0.3 is 5.73 Å². The summed E-state index contributed by atoms with van der Waals surface area (Å²) in [5.41, 5.74) is 7.02. The maximum absolute atomic E-state index is 12.5. The molecular formula is C15H24N2O2S. The largest absolute Gasteiger partial charge is 0.327 e. The predicted octanol–water partition coefficient (Wildman–Crippen LogP) is 1.79. The number of piperidine rings is 1. The van der Waals surface area contributed by atoms with Gasteiger partial charge >= 0.3 is 0 Å². The fourth-order valence-corrected chi connectivity index (χ4v) is 4.56. The van der Waals surface area contributed by atoms with Crippen LogP contribution in [0.15, 0.2) is 30.3 Å². The van der Waals surface area contributed by atoms with Crippen LogP contribution in [0.2, 0.25) is 0 Å². The van der Waals surface area contributed by atoms with Crippen LogP contribution in [0.4, 0.5) is 0 Å². The zero-order valence-electron chi connectivity index (χ0n) is 12.2. The monoisotopic (exact) mass is 296 g/mol. The van der Waals surface area contributed by atoms with E-state index in [4.69, 9.17) is 5.73 Å². The highest BCUT2D eigenvalue weighted by Gasteiger charge is 2.31. The van der Waals surface area contributed by atoms with E-state index in [-0.39, 0.29) is 23.6 Å². The van der Waals surface area contributed by atoms with E-state index in [0.29, 0.717) is 13.1 Å². The van der Waals surface area contributed by atoms with Crippen molar-refractivity contribution in [3.8, 4) is 0 Å².